The highest BCUT2D eigenvalue weighted by atomic mass is 19.1. The number of para-hydroxylation sites is 1. The standard InChI is InChI=1S/C18H11F4N3O/c19-10-4-6-15(14(22)8-10)24-11-5-7-16(23-9-11)18(26)25-17-12(20)2-1-3-13(17)21/h1-9,24H,(H,25,26). The van der Waals surface area contributed by atoms with Gasteiger partial charge in [0.25, 0.3) is 5.91 Å². The third kappa shape index (κ3) is 3.80. The minimum absolute atomic E-state index is 0.0267. The SMILES string of the molecule is O=C(Nc1c(F)cccc1F)c1ccc(Nc2ccc(F)cc2F)cn1. The third-order valence-corrected chi connectivity index (χ3v) is 3.41. The highest BCUT2D eigenvalue weighted by Crippen LogP contribution is 2.21. The number of amides is 1. The molecule has 2 N–H and O–H groups in total. The Labute approximate surface area is 145 Å². The Hall–Kier alpha value is -3.42. The number of benzene rings is 2. The average Bonchev–Trinajstić information content (AvgIpc) is 2.61. The lowest BCUT2D eigenvalue weighted by Gasteiger charge is -2.09. The van der Waals surface area contributed by atoms with Gasteiger partial charge in [-0.15, -0.1) is 0 Å². The molecule has 0 aliphatic carbocycles. The molecule has 0 radical (unpaired) electrons. The van der Waals surface area contributed by atoms with Gasteiger partial charge in [0.1, 0.15) is 34.7 Å². The number of halogens is 4. The Morgan fingerprint density at radius 1 is 0.885 bits per heavy atom. The molecule has 4 nitrogen and oxygen atoms in total. The predicted octanol–water partition coefficient (Wildman–Crippen LogP) is 4.63. The molecule has 1 aromatic heterocycles. The van der Waals surface area contributed by atoms with Crippen molar-refractivity contribution in [3.05, 3.63) is 83.7 Å². The molecule has 132 valence electrons. The number of aromatic nitrogens is 1. The van der Waals surface area contributed by atoms with E-state index in [4.69, 9.17) is 0 Å². The number of carbonyl (C=O) groups is 1. The number of pyridine rings is 1. The molecular formula is C18H11F4N3O. The monoisotopic (exact) mass is 361 g/mol. The molecule has 2 aromatic carbocycles. The molecule has 0 saturated carbocycles. The summed E-state index contributed by atoms with van der Waals surface area (Å²) in [5.41, 5.74) is -0.310. The molecule has 0 fully saturated rings. The molecule has 0 saturated heterocycles. The van der Waals surface area contributed by atoms with Gasteiger partial charge in [0.2, 0.25) is 0 Å². The topological polar surface area (TPSA) is 54.0 Å². The van der Waals surface area contributed by atoms with Crippen molar-refractivity contribution in [1.29, 1.82) is 0 Å². The van der Waals surface area contributed by atoms with Crippen molar-refractivity contribution in [3.63, 3.8) is 0 Å². The fraction of sp³-hybridized carbons (Fsp3) is 0. The summed E-state index contributed by atoms with van der Waals surface area (Å²) in [6, 6.07) is 8.93. The summed E-state index contributed by atoms with van der Waals surface area (Å²) in [4.78, 5) is 15.9. The number of nitrogens with zero attached hydrogens (tertiary/aromatic N) is 1. The molecule has 3 aromatic rings. The smallest absolute Gasteiger partial charge is 0.274 e. The van der Waals surface area contributed by atoms with Crippen LogP contribution in [0.15, 0.2) is 54.7 Å². The van der Waals surface area contributed by atoms with Crippen molar-refractivity contribution in [2.45, 2.75) is 0 Å². The lowest BCUT2D eigenvalue weighted by Crippen LogP contribution is -2.15. The molecule has 8 heteroatoms. The fourth-order valence-corrected chi connectivity index (χ4v) is 2.14. The van der Waals surface area contributed by atoms with Crippen molar-refractivity contribution >= 4 is 23.0 Å². The Morgan fingerprint density at radius 2 is 1.62 bits per heavy atom. The number of nitrogens with one attached hydrogen (secondary N) is 2. The molecule has 1 heterocycles. The quantitative estimate of drug-likeness (QED) is 0.666. The van der Waals surface area contributed by atoms with Crippen molar-refractivity contribution in [3.8, 4) is 0 Å². The van der Waals surface area contributed by atoms with Gasteiger partial charge in [-0.1, -0.05) is 6.07 Å². The van der Waals surface area contributed by atoms with Crippen LogP contribution in [0.5, 0.6) is 0 Å². The second-order valence-corrected chi connectivity index (χ2v) is 5.23. The maximum absolute atomic E-state index is 13.6. The number of carbonyl (C=O) groups excluding carboxylic acids is 1. The largest absolute Gasteiger partial charge is 0.352 e. The van der Waals surface area contributed by atoms with Gasteiger partial charge in [-0.05, 0) is 36.4 Å². The molecule has 0 unspecified atom stereocenters. The van der Waals surface area contributed by atoms with Crippen LogP contribution in [0, 0.1) is 23.3 Å². The van der Waals surface area contributed by atoms with E-state index in [0.717, 1.165) is 24.3 Å². The van der Waals surface area contributed by atoms with Crippen LogP contribution in [-0.2, 0) is 0 Å². The van der Waals surface area contributed by atoms with Crippen LogP contribution in [0.1, 0.15) is 10.5 Å². The first-order chi connectivity index (χ1) is 12.4. The average molecular weight is 361 g/mol. The minimum atomic E-state index is -0.913. The van der Waals surface area contributed by atoms with E-state index in [1.807, 2.05) is 0 Å². The van der Waals surface area contributed by atoms with E-state index in [1.54, 1.807) is 0 Å². The van der Waals surface area contributed by atoms with Crippen molar-refractivity contribution in [2.75, 3.05) is 10.6 Å². The molecule has 26 heavy (non-hydrogen) atoms. The first-order valence-electron chi connectivity index (χ1n) is 7.37. The molecule has 3 rings (SSSR count). The Bertz CT molecular complexity index is 941. The highest BCUT2D eigenvalue weighted by molar-refractivity contribution is 6.03. The van der Waals surface area contributed by atoms with Gasteiger partial charge in [-0.3, -0.25) is 4.79 Å². The molecular weight excluding hydrogens is 350 g/mol. The van der Waals surface area contributed by atoms with E-state index in [0.29, 0.717) is 5.69 Å². The van der Waals surface area contributed by atoms with Crippen LogP contribution in [0.4, 0.5) is 34.6 Å². The van der Waals surface area contributed by atoms with E-state index in [2.05, 4.69) is 15.6 Å². The second kappa shape index (κ2) is 7.22. The summed E-state index contributed by atoms with van der Waals surface area (Å²) < 4.78 is 53.6. The summed E-state index contributed by atoms with van der Waals surface area (Å²) >= 11 is 0. The van der Waals surface area contributed by atoms with Gasteiger partial charge in [0, 0.05) is 6.07 Å². The summed E-state index contributed by atoms with van der Waals surface area (Å²) in [6.07, 6.45) is 1.23. The van der Waals surface area contributed by atoms with Crippen LogP contribution in [0.25, 0.3) is 0 Å². The van der Waals surface area contributed by atoms with E-state index >= 15 is 0 Å². The summed E-state index contributed by atoms with van der Waals surface area (Å²) in [5, 5.41) is 4.78. The maximum atomic E-state index is 13.6. The Morgan fingerprint density at radius 3 is 2.23 bits per heavy atom. The number of rotatable bonds is 4. The Balaban J connectivity index is 1.74. The van der Waals surface area contributed by atoms with Crippen LogP contribution < -0.4 is 10.6 Å². The molecule has 0 bridgehead atoms. The lowest BCUT2D eigenvalue weighted by atomic mass is 10.2. The first-order valence-corrected chi connectivity index (χ1v) is 7.37. The minimum Gasteiger partial charge on any atom is -0.352 e. The van der Waals surface area contributed by atoms with Crippen LogP contribution >= 0.6 is 0 Å². The fourth-order valence-electron chi connectivity index (χ4n) is 2.14. The van der Waals surface area contributed by atoms with Gasteiger partial charge in [-0.2, -0.15) is 0 Å². The molecule has 1 amide bonds. The normalized spacial score (nSPS) is 10.5. The summed E-state index contributed by atoms with van der Waals surface area (Å²) in [5.74, 6) is -4.14. The maximum Gasteiger partial charge on any atom is 0.274 e. The first kappa shape index (κ1) is 17.4. The lowest BCUT2D eigenvalue weighted by molar-refractivity contribution is 0.102. The highest BCUT2D eigenvalue weighted by Gasteiger charge is 2.14. The zero-order valence-corrected chi connectivity index (χ0v) is 13.1. The Kier molecular flexibility index (Phi) is 4.83. The van der Waals surface area contributed by atoms with Gasteiger partial charge in [0.15, 0.2) is 0 Å². The van der Waals surface area contributed by atoms with E-state index in [-0.39, 0.29) is 11.4 Å². The summed E-state index contributed by atoms with van der Waals surface area (Å²) in [7, 11) is 0. The zero-order chi connectivity index (χ0) is 18.7. The number of hydrogen-bond donors (Lipinski definition) is 2. The van der Waals surface area contributed by atoms with Crippen molar-refractivity contribution in [2.24, 2.45) is 0 Å². The van der Waals surface area contributed by atoms with Crippen molar-refractivity contribution in [1.82, 2.24) is 4.98 Å². The predicted molar refractivity (Wildman–Crippen MR) is 88.2 cm³/mol. The van der Waals surface area contributed by atoms with Gasteiger partial charge < -0.3 is 10.6 Å². The van der Waals surface area contributed by atoms with Crippen molar-refractivity contribution < 1.29 is 22.4 Å². The summed E-state index contributed by atoms with van der Waals surface area (Å²) in [6.45, 7) is 0. The van der Waals surface area contributed by atoms with E-state index < -0.39 is 34.9 Å². The van der Waals surface area contributed by atoms with E-state index in [1.165, 1.54) is 30.5 Å². The number of hydrogen-bond acceptors (Lipinski definition) is 3. The van der Waals surface area contributed by atoms with Crippen LogP contribution in [0.2, 0.25) is 0 Å². The molecule has 0 spiro atoms. The van der Waals surface area contributed by atoms with Gasteiger partial charge >= 0.3 is 0 Å². The van der Waals surface area contributed by atoms with Gasteiger partial charge in [0.05, 0.1) is 17.6 Å². The third-order valence-electron chi connectivity index (χ3n) is 3.41. The van der Waals surface area contributed by atoms with E-state index in [9.17, 15) is 22.4 Å². The zero-order valence-electron chi connectivity index (χ0n) is 13.1. The molecule has 0 atom stereocenters. The van der Waals surface area contributed by atoms with Crippen LogP contribution in [-0.4, -0.2) is 10.9 Å². The number of anilines is 3. The van der Waals surface area contributed by atoms with Crippen LogP contribution in [0.3, 0.4) is 0 Å². The van der Waals surface area contributed by atoms with Gasteiger partial charge in [-0.25, -0.2) is 22.5 Å². The second-order valence-electron chi connectivity index (χ2n) is 5.23. The molecule has 0 aliphatic rings. The molecule has 0 aliphatic heterocycles.